The van der Waals surface area contributed by atoms with Gasteiger partial charge in [0.15, 0.2) is 0 Å². The summed E-state index contributed by atoms with van der Waals surface area (Å²) >= 11 is 0. The topological polar surface area (TPSA) is 40.5 Å². The van der Waals surface area contributed by atoms with Crippen molar-refractivity contribution in [1.82, 2.24) is 4.90 Å². The van der Waals surface area contributed by atoms with Gasteiger partial charge in [-0.15, -0.1) is 0 Å². The maximum absolute atomic E-state index is 12.5. The highest BCUT2D eigenvalue weighted by Gasteiger charge is 2.30. The van der Waals surface area contributed by atoms with Crippen LogP contribution in [0.2, 0.25) is 0 Å². The number of amides is 1. The molecule has 1 aliphatic heterocycles. The van der Waals surface area contributed by atoms with Crippen LogP contribution in [-0.2, 0) is 12.8 Å². The zero-order chi connectivity index (χ0) is 14.2. The molecular weight excluding hydrogens is 250 g/mol. The number of nitrogens with zero attached hydrogens (tertiary/aromatic N) is 1. The van der Waals surface area contributed by atoms with Crippen LogP contribution in [0.1, 0.15) is 54.1 Å². The minimum Gasteiger partial charge on any atom is -0.390 e. The normalized spacial score (nSPS) is 21.4. The number of aryl methyl sites for hydroxylation is 2. The van der Waals surface area contributed by atoms with Crippen molar-refractivity contribution in [2.24, 2.45) is 0 Å². The van der Waals surface area contributed by atoms with Crippen LogP contribution >= 0.6 is 0 Å². The summed E-state index contributed by atoms with van der Waals surface area (Å²) in [5.41, 5.74) is 2.97. The second-order valence-corrected chi connectivity index (χ2v) is 6.48. The van der Waals surface area contributed by atoms with Crippen LogP contribution in [0.5, 0.6) is 0 Å². The molecule has 2 aliphatic rings. The van der Waals surface area contributed by atoms with E-state index in [2.05, 4.69) is 12.1 Å². The Hall–Kier alpha value is -1.35. The molecular formula is C17H23NO2. The number of carbonyl (C=O) groups excluding carboxylic acids is 1. The van der Waals surface area contributed by atoms with E-state index in [1.807, 2.05) is 17.9 Å². The fraction of sp³-hybridized carbons (Fsp3) is 0.588. The molecule has 0 aromatic heterocycles. The summed E-state index contributed by atoms with van der Waals surface area (Å²) in [6, 6.07) is 6.19. The van der Waals surface area contributed by atoms with Gasteiger partial charge in [0, 0.05) is 18.7 Å². The summed E-state index contributed by atoms with van der Waals surface area (Å²) in [4.78, 5) is 14.4. The molecule has 0 radical (unpaired) electrons. The molecule has 0 bridgehead atoms. The molecule has 3 heteroatoms. The maximum atomic E-state index is 12.5. The first kappa shape index (κ1) is 13.6. The molecule has 0 saturated carbocycles. The Morgan fingerprint density at radius 1 is 1.15 bits per heavy atom. The molecule has 0 atom stereocenters. The highest BCUT2D eigenvalue weighted by atomic mass is 16.3. The van der Waals surface area contributed by atoms with Crippen LogP contribution in [0.25, 0.3) is 0 Å². The first-order valence-corrected chi connectivity index (χ1v) is 7.69. The molecule has 108 valence electrons. The van der Waals surface area contributed by atoms with Crippen LogP contribution < -0.4 is 0 Å². The predicted molar refractivity (Wildman–Crippen MR) is 78.8 cm³/mol. The molecule has 1 saturated heterocycles. The van der Waals surface area contributed by atoms with E-state index in [-0.39, 0.29) is 5.91 Å². The van der Waals surface area contributed by atoms with Crippen LogP contribution in [0.3, 0.4) is 0 Å². The zero-order valence-corrected chi connectivity index (χ0v) is 12.2. The lowest BCUT2D eigenvalue weighted by molar-refractivity contribution is -0.00202. The molecule has 0 unspecified atom stereocenters. The second-order valence-electron chi connectivity index (χ2n) is 6.48. The largest absolute Gasteiger partial charge is 0.390 e. The zero-order valence-electron chi connectivity index (χ0n) is 12.2. The first-order valence-electron chi connectivity index (χ1n) is 7.69. The molecule has 0 spiro atoms. The molecule has 1 N–H and O–H groups in total. The number of aliphatic hydroxyl groups is 1. The lowest BCUT2D eigenvalue weighted by Gasteiger charge is -2.36. The maximum Gasteiger partial charge on any atom is 0.253 e. The van der Waals surface area contributed by atoms with E-state index in [0.29, 0.717) is 25.9 Å². The van der Waals surface area contributed by atoms with E-state index in [9.17, 15) is 9.90 Å². The van der Waals surface area contributed by atoms with Gasteiger partial charge in [0.1, 0.15) is 0 Å². The van der Waals surface area contributed by atoms with E-state index in [1.54, 1.807) is 0 Å². The third kappa shape index (κ3) is 2.73. The van der Waals surface area contributed by atoms with Crippen LogP contribution in [-0.4, -0.2) is 34.6 Å². The third-order valence-corrected chi connectivity index (χ3v) is 4.72. The SMILES string of the molecule is CC1(O)CCN(C(=O)c2ccc3c(c2)CCCC3)CC1. The molecule has 3 rings (SSSR count). The quantitative estimate of drug-likeness (QED) is 0.854. The smallest absolute Gasteiger partial charge is 0.253 e. The summed E-state index contributed by atoms with van der Waals surface area (Å²) < 4.78 is 0. The van der Waals surface area contributed by atoms with Crippen molar-refractivity contribution >= 4 is 5.91 Å². The van der Waals surface area contributed by atoms with Crippen molar-refractivity contribution in [2.45, 2.75) is 51.0 Å². The van der Waals surface area contributed by atoms with E-state index in [0.717, 1.165) is 18.4 Å². The number of likely N-dealkylation sites (tertiary alicyclic amines) is 1. The summed E-state index contributed by atoms with van der Waals surface area (Å²) in [6.07, 6.45) is 6.09. The van der Waals surface area contributed by atoms with Crippen molar-refractivity contribution in [3.05, 3.63) is 34.9 Å². The number of hydrogen-bond donors (Lipinski definition) is 1. The Bertz CT molecular complexity index is 512. The molecule has 1 heterocycles. The van der Waals surface area contributed by atoms with Crippen LogP contribution in [0.4, 0.5) is 0 Å². The minimum absolute atomic E-state index is 0.119. The summed E-state index contributed by atoms with van der Waals surface area (Å²) in [7, 11) is 0. The lowest BCUT2D eigenvalue weighted by atomic mass is 9.89. The van der Waals surface area contributed by atoms with Crippen LogP contribution in [0.15, 0.2) is 18.2 Å². The fourth-order valence-corrected chi connectivity index (χ4v) is 3.24. The third-order valence-electron chi connectivity index (χ3n) is 4.72. The predicted octanol–water partition coefficient (Wildman–Crippen LogP) is 2.55. The average molecular weight is 273 g/mol. The van der Waals surface area contributed by atoms with E-state index in [1.165, 1.54) is 24.0 Å². The molecule has 1 amide bonds. The van der Waals surface area contributed by atoms with Gasteiger partial charge in [-0.05, 0) is 68.7 Å². The van der Waals surface area contributed by atoms with Crippen molar-refractivity contribution in [3.63, 3.8) is 0 Å². The second kappa shape index (κ2) is 5.21. The minimum atomic E-state index is -0.605. The van der Waals surface area contributed by atoms with Crippen molar-refractivity contribution < 1.29 is 9.90 Å². The van der Waals surface area contributed by atoms with Gasteiger partial charge in [0.2, 0.25) is 0 Å². The summed E-state index contributed by atoms with van der Waals surface area (Å²) in [5, 5.41) is 9.96. The molecule has 1 aliphatic carbocycles. The number of benzene rings is 1. The van der Waals surface area contributed by atoms with E-state index >= 15 is 0 Å². The Morgan fingerprint density at radius 3 is 2.50 bits per heavy atom. The average Bonchev–Trinajstić information content (AvgIpc) is 2.46. The molecule has 1 fully saturated rings. The van der Waals surface area contributed by atoms with Gasteiger partial charge in [-0.2, -0.15) is 0 Å². The number of rotatable bonds is 1. The summed E-state index contributed by atoms with van der Waals surface area (Å²) in [5.74, 6) is 0.119. The van der Waals surface area contributed by atoms with Gasteiger partial charge in [-0.3, -0.25) is 4.79 Å². The highest BCUT2D eigenvalue weighted by molar-refractivity contribution is 5.94. The first-order chi connectivity index (χ1) is 9.55. The van der Waals surface area contributed by atoms with Crippen molar-refractivity contribution in [2.75, 3.05) is 13.1 Å². The molecule has 1 aromatic rings. The standard InChI is InChI=1S/C17H23NO2/c1-17(20)8-10-18(11-9-17)16(19)15-7-6-13-4-2-3-5-14(13)12-15/h6-7,12,20H,2-5,8-11H2,1H3. The monoisotopic (exact) mass is 273 g/mol. The lowest BCUT2D eigenvalue weighted by Crippen LogP contribution is -2.45. The number of carbonyl (C=O) groups is 1. The Kier molecular flexibility index (Phi) is 3.55. The number of hydrogen-bond acceptors (Lipinski definition) is 2. The van der Waals surface area contributed by atoms with Gasteiger partial charge < -0.3 is 10.0 Å². The van der Waals surface area contributed by atoms with Gasteiger partial charge in [-0.1, -0.05) is 6.07 Å². The van der Waals surface area contributed by atoms with Gasteiger partial charge in [0.05, 0.1) is 5.60 Å². The molecule has 20 heavy (non-hydrogen) atoms. The van der Waals surface area contributed by atoms with Crippen molar-refractivity contribution in [3.8, 4) is 0 Å². The van der Waals surface area contributed by atoms with Crippen LogP contribution in [0, 0.1) is 0 Å². The van der Waals surface area contributed by atoms with Crippen molar-refractivity contribution in [1.29, 1.82) is 0 Å². The molecule has 3 nitrogen and oxygen atoms in total. The van der Waals surface area contributed by atoms with Gasteiger partial charge >= 0.3 is 0 Å². The Balaban J connectivity index is 1.74. The number of fused-ring (bicyclic) bond motifs is 1. The fourth-order valence-electron chi connectivity index (χ4n) is 3.24. The van der Waals surface area contributed by atoms with E-state index < -0.39 is 5.60 Å². The number of piperidine rings is 1. The van der Waals surface area contributed by atoms with Gasteiger partial charge in [-0.25, -0.2) is 0 Å². The van der Waals surface area contributed by atoms with Gasteiger partial charge in [0.25, 0.3) is 5.91 Å². The Labute approximate surface area is 120 Å². The Morgan fingerprint density at radius 2 is 1.80 bits per heavy atom. The van der Waals surface area contributed by atoms with E-state index in [4.69, 9.17) is 0 Å². The summed E-state index contributed by atoms with van der Waals surface area (Å²) in [6.45, 7) is 3.17. The highest BCUT2D eigenvalue weighted by Crippen LogP contribution is 2.25. The molecule has 1 aromatic carbocycles.